The van der Waals surface area contributed by atoms with Crippen LogP contribution in [-0.2, 0) is 0 Å². The lowest BCUT2D eigenvalue weighted by atomic mass is 10.2. The van der Waals surface area contributed by atoms with Crippen LogP contribution in [0.5, 0.6) is 0 Å². The summed E-state index contributed by atoms with van der Waals surface area (Å²) in [6.07, 6.45) is 0. The van der Waals surface area contributed by atoms with E-state index in [-0.39, 0.29) is 10.6 Å². The molecule has 0 heterocycles. The molecule has 2 aromatic carbocycles. The molecule has 2 amide bonds. The van der Waals surface area contributed by atoms with Crippen molar-refractivity contribution in [3.63, 3.8) is 0 Å². The summed E-state index contributed by atoms with van der Waals surface area (Å²) in [7, 11) is 0. The summed E-state index contributed by atoms with van der Waals surface area (Å²) in [4.78, 5) is 23.8. The maximum Gasteiger partial charge on any atom is 0.271 e. The molecular weight excluding hydrogens is 426 g/mol. The van der Waals surface area contributed by atoms with Crippen molar-refractivity contribution in [1.29, 1.82) is 0 Å². The first-order chi connectivity index (χ1) is 9.97. The molecule has 0 fully saturated rings. The normalized spacial score (nSPS) is 10.0. The molecule has 2 rings (SSSR count). The highest BCUT2D eigenvalue weighted by molar-refractivity contribution is 14.1. The van der Waals surface area contributed by atoms with Gasteiger partial charge in [0.15, 0.2) is 0 Å². The van der Waals surface area contributed by atoms with Crippen LogP contribution in [0.15, 0.2) is 42.5 Å². The maximum absolute atomic E-state index is 11.9. The molecule has 0 aromatic heterocycles. The number of hydrazine groups is 1. The SMILES string of the molecule is O=C(NNC(=O)c1ccc(Cl)cc1Cl)c1cccc(I)c1. The van der Waals surface area contributed by atoms with Crippen LogP contribution >= 0.6 is 45.8 Å². The third kappa shape index (κ3) is 4.33. The van der Waals surface area contributed by atoms with E-state index in [1.807, 2.05) is 6.07 Å². The summed E-state index contributed by atoms with van der Waals surface area (Å²) in [5, 5.41) is 0.642. The fourth-order valence-corrected chi connectivity index (χ4v) is 2.59. The molecule has 0 aliphatic heterocycles. The van der Waals surface area contributed by atoms with Gasteiger partial charge in [-0.05, 0) is 59.0 Å². The van der Waals surface area contributed by atoms with Crippen LogP contribution in [0.1, 0.15) is 20.7 Å². The number of benzene rings is 2. The van der Waals surface area contributed by atoms with Crippen molar-refractivity contribution >= 4 is 57.6 Å². The molecule has 0 saturated carbocycles. The second-order valence-corrected chi connectivity index (χ2v) is 6.13. The first-order valence-corrected chi connectivity index (χ1v) is 7.62. The molecule has 0 bridgehead atoms. The van der Waals surface area contributed by atoms with E-state index in [2.05, 4.69) is 33.4 Å². The average molecular weight is 435 g/mol. The molecule has 0 aliphatic carbocycles. The number of carbonyl (C=O) groups is 2. The summed E-state index contributed by atoms with van der Waals surface area (Å²) < 4.78 is 0.923. The topological polar surface area (TPSA) is 58.2 Å². The molecule has 108 valence electrons. The van der Waals surface area contributed by atoms with Gasteiger partial charge in [-0.15, -0.1) is 0 Å². The van der Waals surface area contributed by atoms with E-state index in [1.54, 1.807) is 24.3 Å². The van der Waals surface area contributed by atoms with E-state index < -0.39 is 11.8 Å². The summed E-state index contributed by atoms with van der Waals surface area (Å²) in [6.45, 7) is 0. The lowest BCUT2D eigenvalue weighted by Gasteiger charge is -2.09. The zero-order valence-corrected chi connectivity index (χ0v) is 14.2. The van der Waals surface area contributed by atoms with Crippen LogP contribution in [0.4, 0.5) is 0 Å². The number of hydrogen-bond acceptors (Lipinski definition) is 2. The third-order valence-corrected chi connectivity index (χ3v) is 3.77. The van der Waals surface area contributed by atoms with Crippen molar-refractivity contribution in [3.8, 4) is 0 Å². The van der Waals surface area contributed by atoms with Crippen LogP contribution in [0.2, 0.25) is 10.0 Å². The lowest BCUT2D eigenvalue weighted by Crippen LogP contribution is -2.41. The van der Waals surface area contributed by atoms with Gasteiger partial charge in [0.1, 0.15) is 0 Å². The predicted molar refractivity (Wildman–Crippen MR) is 90.6 cm³/mol. The Morgan fingerprint density at radius 3 is 2.33 bits per heavy atom. The van der Waals surface area contributed by atoms with E-state index >= 15 is 0 Å². The molecule has 0 unspecified atom stereocenters. The minimum atomic E-state index is -0.518. The van der Waals surface area contributed by atoms with E-state index in [4.69, 9.17) is 23.2 Å². The highest BCUT2D eigenvalue weighted by Gasteiger charge is 2.12. The van der Waals surface area contributed by atoms with Gasteiger partial charge in [-0.2, -0.15) is 0 Å². The van der Waals surface area contributed by atoms with Gasteiger partial charge in [-0.1, -0.05) is 29.3 Å². The Morgan fingerprint density at radius 2 is 1.67 bits per heavy atom. The average Bonchev–Trinajstić information content (AvgIpc) is 2.44. The number of nitrogens with one attached hydrogen (secondary N) is 2. The van der Waals surface area contributed by atoms with E-state index in [1.165, 1.54) is 12.1 Å². The molecule has 0 saturated heterocycles. The predicted octanol–water partition coefficient (Wildman–Crippen LogP) is 3.67. The number of halogens is 3. The van der Waals surface area contributed by atoms with Crippen molar-refractivity contribution in [1.82, 2.24) is 10.9 Å². The van der Waals surface area contributed by atoms with Crippen LogP contribution in [0, 0.1) is 3.57 Å². The van der Waals surface area contributed by atoms with Crippen molar-refractivity contribution in [2.24, 2.45) is 0 Å². The second-order valence-electron chi connectivity index (χ2n) is 4.04. The van der Waals surface area contributed by atoms with Crippen LogP contribution in [-0.4, -0.2) is 11.8 Å². The van der Waals surface area contributed by atoms with Gasteiger partial charge in [0.05, 0.1) is 10.6 Å². The highest BCUT2D eigenvalue weighted by atomic mass is 127. The Morgan fingerprint density at radius 1 is 0.952 bits per heavy atom. The van der Waals surface area contributed by atoms with Gasteiger partial charge < -0.3 is 0 Å². The zero-order chi connectivity index (χ0) is 15.4. The second kappa shape index (κ2) is 7.11. The Bertz CT molecular complexity index is 707. The Labute approximate surface area is 144 Å². The molecule has 7 heteroatoms. The third-order valence-electron chi connectivity index (χ3n) is 2.55. The smallest absolute Gasteiger partial charge is 0.267 e. The molecular formula is C14H9Cl2IN2O2. The van der Waals surface area contributed by atoms with Gasteiger partial charge in [0.2, 0.25) is 0 Å². The van der Waals surface area contributed by atoms with Crippen LogP contribution in [0.25, 0.3) is 0 Å². The maximum atomic E-state index is 11.9. The monoisotopic (exact) mass is 434 g/mol. The summed E-state index contributed by atoms with van der Waals surface area (Å²) in [6, 6.07) is 11.5. The van der Waals surface area contributed by atoms with Crippen molar-refractivity contribution in [2.75, 3.05) is 0 Å². The molecule has 4 nitrogen and oxygen atoms in total. The summed E-state index contributed by atoms with van der Waals surface area (Å²) in [5.74, 6) is -0.928. The van der Waals surface area contributed by atoms with Gasteiger partial charge in [-0.25, -0.2) is 0 Å². The van der Waals surface area contributed by atoms with Crippen LogP contribution in [0.3, 0.4) is 0 Å². The molecule has 0 spiro atoms. The Kier molecular flexibility index (Phi) is 5.44. The van der Waals surface area contributed by atoms with Gasteiger partial charge in [0, 0.05) is 14.2 Å². The number of amides is 2. The molecule has 0 radical (unpaired) electrons. The number of rotatable bonds is 2. The van der Waals surface area contributed by atoms with Crippen molar-refractivity contribution in [3.05, 3.63) is 67.2 Å². The first kappa shape index (κ1) is 16.1. The Balaban J connectivity index is 2.02. The fourth-order valence-electron chi connectivity index (χ4n) is 1.56. The van der Waals surface area contributed by atoms with Crippen molar-refractivity contribution < 1.29 is 9.59 Å². The summed E-state index contributed by atoms with van der Waals surface area (Å²) >= 11 is 13.8. The standard InChI is InChI=1S/C14H9Cl2IN2O2/c15-9-4-5-11(12(16)7-9)14(21)19-18-13(20)8-2-1-3-10(17)6-8/h1-7H,(H,18,20)(H,19,21). The van der Waals surface area contributed by atoms with E-state index in [0.717, 1.165) is 3.57 Å². The minimum absolute atomic E-state index is 0.212. The molecule has 0 aliphatic rings. The van der Waals surface area contributed by atoms with Crippen molar-refractivity contribution in [2.45, 2.75) is 0 Å². The van der Waals surface area contributed by atoms with Gasteiger partial charge in [0.25, 0.3) is 11.8 Å². The molecule has 0 atom stereocenters. The molecule has 2 N–H and O–H groups in total. The lowest BCUT2D eigenvalue weighted by molar-refractivity contribution is 0.0846. The number of hydrogen-bond donors (Lipinski definition) is 2. The largest absolute Gasteiger partial charge is 0.271 e. The highest BCUT2D eigenvalue weighted by Crippen LogP contribution is 2.20. The Hall–Kier alpha value is -1.31. The van der Waals surface area contributed by atoms with E-state index in [0.29, 0.717) is 10.6 Å². The fraction of sp³-hybridized carbons (Fsp3) is 0. The minimum Gasteiger partial charge on any atom is -0.267 e. The van der Waals surface area contributed by atoms with E-state index in [9.17, 15) is 9.59 Å². The first-order valence-electron chi connectivity index (χ1n) is 5.78. The number of carbonyl (C=O) groups excluding carboxylic acids is 2. The zero-order valence-electron chi connectivity index (χ0n) is 10.5. The quantitative estimate of drug-likeness (QED) is 0.559. The molecule has 2 aromatic rings. The van der Waals surface area contributed by atoms with Gasteiger partial charge in [-0.3, -0.25) is 20.4 Å². The van der Waals surface area contributed by atoms with Crippen LogP contribution < -0.4 is 10.9 Å². The molecule has 21 heavy (non-hydrogen) atoms. The summed E-state index contributed by atoms with van der Waals surface area (Å²) in [5.41, 5.74) is 5.32. The van der Waals surface area contributed by atoms with Gasteiger partial charge >= 0.3 is 0 Å².